The number of anilines is 1. The lowest BCUT2D eigenvalue weighted by Gasteiger charge is -2.45. The van der Waals surface area contributed by atoms with Crippen LogP contribution >= 0.6 is 0 Å². The topological polar surface area (TPSA) is 64.0 Å². The van der Waals surface area contributed by atoms with Crippen molar-refractivity contribution in [3.8, 4) is 0 Å². The number of rotatable bonds is 3. The molecule has 0 aliphatic carbocycles. The van der Waals surface area contributed by atoms with Crippen molar-refractivity contribution in [2.45, 2.75) is 38.2 Å². The summed E-state index contributed by atoms with van der Waals surface area (Å²) in [7, 11) is 0. The van der Waals surface area contributed by atoms with Gasteiger partial charge in [0, 0.05) is 50.5 Å². The van der Waals surface area contributed by atoms with E-state index in [-0.39, 0.29) is 6.10 Å². The maximum atomic E-state index is 6.20. The Balaban J connectivity index is 1.30. The highest BCUT2D eigenvalue weighted by Gasteiger charge is 2.39. The minimum absolute atomic E-state index is 0.283. The number of hydrogen-bond donors (Lipinski definition) is 0. The Morgan fingerprint density at radius 1 is 1.00 bits per heavy atom. The van der Waals surface area contributed by atoms with Crippen LogP contribution in [0.15, 0.2) is 37.2 Å². The van der Waals surface area contributed by atoms with Crippen LogP contribution in [0.4, 0.5) is 5.82 Å². The normalized spacial score (nSPS) is 23.3. The van der Waals surface area contributed by atoms with Crippen molar-refractivity contribution >= 4 is 5.82 Å². The fraction of sp³-hybridized carbons (Fsp3) is 0.556. The van der Waals surface area contributed by atoms with Crippen molar-refractivity contribution in [2.24, 2.45) is 5.41 Å². The molecular formula is C18H23N5O. The minimum atomic E-state index is 0.283. The van der Waals surface area contributed by atoms with Gasteiger partial charge in [-0.2, -0.15) is 0 Å². The molecule has 0 N–H and O–H groups in total. The van der Waals surface area contributed by atoms with Gasteiger partial charge in [-0.05, 0) is 31.1 Å². The van der Waals surface area contributed by atoms with Gasteiger partial charge in [0.2, 0.25) is 0 Å². The number of nitrogens with zero attached hydrogens (tertiary/aromatic N) is 5. The lowest BCUT2D eigenvalue weighted by Crippen LogP contribution is -2.46. The summed E-state index contributed by atoms with van der Waals surface area (Å²) in [6.07, 6.45) is 16.5. The molecule has 2 fully saturated rings. The van der Waals surface area contributed by atoms with Crippen LogP contribution in [-0.2, 0) is 11.2 Å². The van der Waals surface area contributed by atoms with Crippen LogP contribution < -0.4 is 4.90 Å². The van der Waals surface area contributed by atoms with Crippen LogP contribution in [0.3, 0.4) is 0 Å². The monoisotopic (exact) mass is 325 g/mol. The molecule has 4 heterocycles. The summed E-state index contributed by atoms with van der Waals surface area (Å²) in [5.41, 5.74) is 1.37. The van der Waals surface area contributed by atoms with Gasteiger partial charge in [-0.15, -0.1) is 0 Å². The van der Waals surface area contributed by atoms with Crippen LogP contribution in [-0.4, -0.2) is 45.7 Å². The van der Waals surface area contributed by atoms with E-state index in [1.54, 1.807) is 24.8 Å². The highest BCUT2D eigenvalue weighted by atomic mass is 16.5. The second-order valence-electron chi connectivity index (χ2n) is 6.92. The smallest absolute Gasteiger partial charge is 0.147 e. The Labute approximate surface area is 142 Å². The quantitative estimate of drug-likeness (QED) is 0.862. The maximum Gasteiger partial charge on any atom is 0.147 e. The summed E-state index contributed by atoms with van der Waals surface area (Å²) in [5.74, 6) is 0.990. The molecule has 4 rings (SSSR count). The third-order valence-corrected chi connectivity index (χ3v) is 5.37. The first-order valence-electron chi connectivity index (χ1n) is 8.71. The molecule has 24 heavy (non-hydrogen) atoms. The molecule has 1 atom stereocenters. The van der Waals surface area contributed by atoms with E-state index in [0.717, 1.165) is 44.0 Å². The molecule has 6 heteroatoms. The average Bonchev–Trinajstić information content (AvgIpc) is 2.66. The first-order chi connectivity index (χ1) is 11.8. The Morgan fingerprint density at radius 2 is 1.79 bits per heavy atom. The molecule has 1 unspecified atom stereocenters. The first-order valence-corrected chi connectivity index (χ1v) is 8.71. The molecule has 0 aromatic carbocycles. The Bertz CT molecular complexity index is 633. The second-order valence-corrected chi connectivity index (χ2v) is 6.92. The molecule has 2 aromatic heterocycles. The highest BCUT2D eigenvalue weighted by molar-refractivity contribution is 5.35. The zero-order valence-electron chi connectivity index (χ0n) is 13.8. The Morgan fingerprint density at radius 3 is 2.42 bits per heavy atom. The van der Waals surface area contributed by atoms with Crippen LogP contribution in [0.5, 0.6) is 0 Å². The molecule has 2 aromatic rings. The summed E-state index contributed by atoms with van der Waals surface area (Å²) in [6.45, 7) is 2.94. The van der Waals surface area contributed by atoms with Gasteiger partial charge in [0.15, 0.2) is 0 Å². The zero-order chi connectivity index (χ0) is 16.2. The molecule has 2 aliphatic rings. The van der Waals surface area contributed by atoms with Crippen molar-refractivity contribution in [1.82, 2.24) is 19.9 Å². The molecule has 0 radical (unpaired) electrons. The van der Waals surface area contributed by atoms with E-state index in [4.69, 9.17) is 4.74 Å². The second kappa shape index (κ2) is 6.81. The third-order valence-electron chi connectivity index (χ3n) is 5.37. The van der Waals surface area contributed by atoms with E-state index in [9.17, 15) is 0 Å². The third kappa shape index (κ3) is 3.38. The fourth-order valence-electron chi connectivity index (χ4n) is 3.81. The van der Waals surface area contributed by atoms with Crippen LogP contribution in [0.25, 0.3) is 0 Å². The lowest BCUT2D eigenvalue weighted by molar-refractivity contribution is -0.0717. The van der Waals surface area contributed by atoms with Gasteiger partial charge >= 0.3 is 0 Å². The molecule has 1 spiro atoms. The molecular weight excluding hydrogens is 302 g/mol. The van der Waals surface area contributed by atoms with Crippen molar-refractivity contribution < 1.29 is 4.74 Å². The zero-order valence-corrected chi connectivity index (χ0v) is 13.8. The van der Waals surface area contributed by atoms with Crippen molar-refractivity contribution in [3.63, 3.8) is 0 Å². The summed E-state index contributed by atoms with van der Waals surface area (Å²) in [4.78, 5) is 19.4. The first kappa shape index (κ1) is 15.4. The van der Waals surface area contributed by atoms with Crippen molar-refractivity contribution in [3.05, 3.63) is 42.9 Å². The summed E-state index contributed by atoms with van der Waals surface area (Å²) >= 11 is 0. The van der Waals surface area contributed by atoms with E-state index in [1.165, 1.54) is 19.3 Å². The molecule has 126 valence electrons. The van der Waals surface area contributed by atoms with Gasteiger partial charge in [0.25, 0.3) is 0 Å². The van der Waals surface area contributed by atoms with Gasteiger partial charge in [-0.3, -0.25) is 15.0 Å². The Hall–Kier alpha value is -2.08. The Kier molecular flexibility index (Phi) is 4.38. The standard InChI is InChI=1S/C18H23N5O/c1-2-18(14-24-16(1)11-15-12-19-5-7-21-15)3-9-23(10-4-18)17-13-20-6-8-22-17/h5-8,12-13,16H,1-4,9-11,14H2. The van der Waals surface area contributed by atoms with E-state index >= 15 is 0 Å². The van der Waals surface area contributed by atoms with Crippen LogP contribution in [0.1, 0.15) is 31.4 Å². The van der Waals surface area contributed by atoms with Gasteiger partial charge in [0.05, 0.1) is 24.6 Å². The predicted molar refractivity (Wildman–Crippen MR) is 90.6 cm³/mol. The predicted octanol–water partition coefficient (Wildman–Crippen LogP) is 2.27. The van der Waals surface area contributed by atoms with Crippen molar-refractivity contribution in [1.29, 1.82) is 0 Å². The molecule has 0 amide bonds. The molecule has 6 nitrogen and oxygen atoms in total. The van der Waals surface area contributed by atoms with E-state index in [0.29, 0.717) is 5.41 Å². The number of piperidine rings is 1. The van der Waals surface area contributed by atoms with Gasteiger partial charge < -0.3 is 9.64 Å². The number of aromatic nitrogens is 4. The van der Waals surface area contributed by atoms with Gasteiger partial charge in [0.1, 0.15) is 5.82 Å². The van der Waals surface area contributed by atoms with E-state index in [1.807, 2.05) is 12.4 Å². The molecule has 2 saturated heterocycles. The lowest BCUT2D eigenvalue weighted by atomic mass is 9.73. The van der Waals surface area contributed by atoms with E-state index in [2.05, 4.69) is 24.8 Å². The number of hydrogen-bond acceptors (Lipinski definition) is 6. The minimum Gasteiger partial charge on any atom is -0.377 e. The van der Waals surface area contributed by atoms with Crippen LogP contribution in [0, 0.1) is 5.41 Å². The SMILES string of the molecule is c1cnc(CC2CCC3(CCN(c4cnccn4)CC3)CO2)cn1. The number of ether oxygens (including phenoxy) is 1. The molecule has 2 aliphatic heterocycles. The summed E-state index contributed by atoms with van der Waals surface area (Å²) < 4.78 is 6.20. The van der Waals surface area contributed by atoms with Gasteiger partial charge in [-0.1, -0.05) is 0 Å². The average molecular weight is 325 g/mol. The molecule has 0 bridgehead atoms. The molecule has 0 saturated carbocycles. The summed E-state index contributed by atoms with van der Waals surface area (Å²) in [5, 5.41) is 0. The van der Waals surface area contributed by atoms with Gasteiger partial charge in [-0.25, -0.2) is 4.98 Å². The van der Waals surface area contributed by atoms with E-state index < -0.39 is 0 Å². The van der Waals surface area contributed by atoms with Crippen molar-refractivity contribution in [2.75, 3.05) is 24.6 Å². The van der Waals surface area contributed by atoms with Crippen LogP contribution in [0.2, 0.25) is 0 Å². The maximum absolute atomic E-state index is 6.20. The fourth-order valence-corrected chi connectivity index (χ4v) is 3.81. The summed E-state index contributed by atoms with van der Waals surface area (Å²) in [6, 6.07) is 0. The highest BCUT2D eigenvalue weighted by Crippen LogP contribution is 2.41. The largest absolute Gasteiger partial charge is 0.377 e.